The summed E-state index contributed by atoms with van der Waals surface area (Å²) in [6.45, 7) is 3.55. The molecule has 0 bridgehead atoms. The van der Waals surface area contributed by atoms with Crippen LogP contribution < -0.4 is 10.4 Å². The van der Waals surface area contributed by atoms with E-state index in [9.17, 15) is 13.6 Å². The molecule has 0 saturated carbocycles. The Morgan fingerprint density at radius 3 is 2.45 bits per heavy atom. The summed E-state index contributed by atoms with van der Waals surface area (Å²) >= 11 is 16.8. The Morgan fingerprint density at radius 1 is 1.32 bits per heavy atom. The molecule has 10 heteroatoms. The van der Waals surface area contributed by atoms with Gasteiger partial charge in [-0.05, 0) is 31.5 Å². The number of hydrogen-bond acceptors (Lipinski definition) is 3. The second-order valence-corrected chi connectivity index (χ2v) is 5.88. The lowest BCUT2D eigenvalue weighted by atomic mass is 10.3. The van der Waals surface area contributed by atoms with Gasteiger partial charge in [0.2, 0.25) is 5.82 Å². The molecule has 1 heterocycles. The third-order valence-corrected chi connectivity index (χ3v) is 3.26. The van der Waals surface area contributed by atoms with Crippen molar-refractivity contribution in [1.29, 1.82) is 0 Å². The van der Waals surface area contributed by atoms with Crippen LogP contribution in [-0.4, -0.2) is 20.9 Å². The Kier molecular flexibility index (Phi) is 4.70. The number of nitrogens with one attached hydrogen (secondary N) is 1. The first-order chi connectivity index (χ1) is 10.1. The summed E-state index contributed by atoms with van der Waals surface area (Å²) in [6.07, 6.45) is -0.190. The first-order valence-electron chi connectivity index (χ1n) is 6.02. The van der Waals surface area contributed by atoms with Crippen molar-refractivity contribution in [2.45, 2.75) is 25.3 Å². The Balaban J connectivity index is 2.58. The highest BCUT2D eigenvalue weighted by Gasteiger charge is 2.33. The zero-order valence-electron chi connectivity index (χ0n) is 11.3. The summed E-state index contributed by atoms with van der Waals surface area (Å²) in [7, 11) is 0. The van der Waals surface area contributed by atoms with Crippen molar-refractivity contribution >= 4 is 34.8 Å². The fraction of sp³-hybridized carbons (Fsp3) is 0.333. The Labute approximate surface area is 138 Å². The summed E-state index contributed by atoms with van der Waals surface area (Å²) in [5.41, 5.74) is -0.884. The first-order valence-corrected chi connectivity index (χ1v) is 7.15. The van der Waals surface area contributed by atoms with Crippen LogP contribution in [0.25, 0.3) is 5.69 Å². The van der Waals surface area contributed by atoms with E-state index in [0.717, 1.165) is 0 Å². The molecule has 0 aliphatic heterocycles. The molecule has 0 aliphatic carbocycles. The molecule has 5 nitrogen and oxygen atoms in total. The van der Waals surface area contributed by atoms with Crippen molar-refractivity contribution < 1.29 is 13.5 Å². The van der Waals surface area contributed by atoms with Gasteiger partial charge in [0.15, 0.2) is 0 Å². The smallest absolute Gasteiger partial charge is 0.381 e. The van der Waals surface area contributed by atoms with Crippen molar-refractivity contribution in [2.24, 2.45) is 0 Å². The molecule has 0 amide bonds. The van der Waals surface area contributed by atoms with Crippen LogP contribution in [0.1, 0.15) is 19.7 Å². The Bertz CT molecular complexity index is 753. The highest BCUT2D eigenvalue weighted by atomic mass is 35.5. The maximum Gasteiger partial charge on any atom is 0.381 e. The van der Waals surface area contributed by atoms with Gasteiger partial charge in [0.05, 0.1) is 21.8 Å². The topological polar surface area (TPSA) is 59.9 Å². The minimum atomic E-state index is -3.80. The molecule has 0 aliphatic rings. The van der Waals surface area contributed by atoms with Crippen molar-refractivity contribution in [3.05, 3.63) is 38.5 Å². The number of halogens is 5. The molecule has 1 aromatic carbocycles. The number of aromatic nitrogens is 3. The van der Waals surface area contributed by atoms with Crippen LogP contribution in [0.5, 0.6) is 5.75 Å². The quantitative estimate of drug-likeness (QED) is 0.827. The van der Waals surface area contributed by atoms with Crippen LogP contribution in [0.3, 0.4) is 0 Å². The van der Waals surface area contributed by atoms with E-state index in [1.807, 2.05) is 4.98 Å². The number of rotatable bonds is 4. The largest absolute Gasteiger partial charge is 0.489 e. The van der Waals surface area contributed by atoms with E-state index >= 15 is 0 Å². The molecule has 1 N–H and O–H groups in total. The van der Waals surface area contributed by atoms with Gasteiger partial charge in [0.1, 0.15) is 5.75 Å². The maximum absolute atomic E-state index is 13.0. The lowest BCUT2D eigenvalue weighted by Crippen LogP contribution is -2.17. The molecule has 0 radical (unpaired) electrons. The highest BCUT2D eigenvalue weighted by molar-refractivity contribution is 6.36. The number of benzene rings is 1. The molecule has 0 spiro atoms. The summed E-state index contributed by atoms with van der Waals surface area (Å²) < 4.78 is 32.2. The van der Waals surface area contributed by atoms with E-state index in [-0.39, 0.29) is 27.6 Å². The predicted octanol–water partition coefficient (Wildman–Crippen LogP) is 3.94. The van der Waals surface area contributed by atoms with Gasteiger partial charge >= 0.3 is 11.1 Å². The zero-order chi connectivity index (χ0) is 16.7. The number of aromatic amines is 1. The zero-order valence-corrected chi connectivity index (χ0v) is 13.6. The standard InChI is InChI=1S/C12H10Cl3F2N3O2/c1-5(2)22-9-4-8(6(13)3-7(9)14)20-11(21)18-10(19-20)12(15,16)17/h3-5H,1-2H3,(H,18,19,21). The minimum Gasteiger partial charge on any atom is -0.489 e. The van der Waals surface area contributed by atoms with Crippen molar-refractivity contribution in [3.8, 4) is 11.4 Å². The molecule has 0 unspecified atom stereocenters. The number of alkyl halides is 3. The third kappa shape index (κ3) is 3.53. The van der Waals surface area contributed by atoms with Gasteiger partial charge in [-0.1, -0.05) is 23.2 Å². The SMILES string of the molecule is CC(C)Oc1cc(-n2nc(C(F)(F)Cl)[nH]c2=O)c(Cl)cc1Cl. The summed E-state index contributed by atoms with van der Waals surface area (Å²) in [5.74, 6) is -0.748. The normalized spacial score (nSPS) is 12.0. The van der Waals surface area contributed by atoms with E-state index in [0.29, 0.717) is 4.68 Å². The van der Waals surface area contributed by atoms with E-state index in [1.54, 1.807) is 13.8 Å². The van der Waals surface area contributed by atoms with Crippen molar-refractivity contribution in [3.63, 3.8) is 0 Å². The minimum absolute atomic E-state index is 0.0372. The molecule has 2 aromatic rings. The van der Waals surface area contributed by atoms with E-state index in [2.05, 4.69) is 5.10 Å². The number of hydrogen-bond donors (Lipinski definition) is 1. The van der Waals surface area contributed by atoms with Gasteiger partial charge < -0.3 is 4.74 Å². The number of H-pyrrole nitrogens is 1. The molecule has 0 atom stereocenters. The molecule has 0 fully saturated rings. The van der Waals surface area contributed by atoms with Crippen LogP contribution in [-0.2, 0) is 5.38 Å². The van der Waals surface area contributed by atoms with Crippen molar-refractivity contribution in [1.82, 2.24) is 14.8 Å². The molecular weight excluding hydrogens is 363 g/mol. The molecule has 1 aromatic heterocycles. The van der Waals surface area contributed by atoms with Gasteiger partial charge in [-0.2, -0.15) is 13.5 Å². The Morgan fingerprint density at radius 2 is 1.95 bits per heavy atom. The molecule has 0 saturated heterocycles. The lowest BCUT2D eigenvalue weighted by molar-refractivity contribution is 0.0845. The molecular formula is C12H10Cl3F2N3O2. The van der Waals surface area contributed by atoms with E-state index in [1.165, 1.54) is 12.1 Å². The van der Waals surface area contributed by atoms with Crippen LogP contribution in [0.2, 0.25) is 10.0 Å². The summed E-state index contributed by atoms with van der Waals surface area (Å²) in [5, 5.41) is -0.102. The van der Waals surface area contributed by atoms with Gasteiger partial charge in [-0.15, -0.1) is 5.10 Å². The fourth-order valence-corrected chi connectivity index (χ4v) is 2.23. The Hall–Kier alpha value is -1.31. The third-order valence-electron chi connectivity index (χ3n) is 2.48. The summed E-state index contributed by atoms with van der Waals surface area (Å²) in [4.78, 5) is 13.6. The average molecular weight is 373 g/mol. The summed E-state index contributed by atoms with van der Waals surface area (Å²) in [6, 6.07) is 2.67. The van der Waals surface area contributed by atoms with Crippen LogP contribution in [0, 0.1) is 0 Å². The lowest BCUT2D eigenvalue weighted by Gasteiger charge is -2.13. The van der Waals surface area contributed by atoms with E-state index in [4.69, 9.17) is 39.5 Å². The first kappa shape index (κ1) is 17.1. The molecule has 2 rings (SSSR count). The second kappa shape index (κ2) is 6.06. The monoisotopic (exact) mass is 371 g/mol. The van der Waals surface area contributed by atoms with Crippen LogP contribution in [0.4, 0.5) is 8.78 Å². The average Bonchev–Trinajstić information content (AvgIpc) is 2.74. The van der Waals surface area contributed by atoms with Crippen molar-refractivity contribution in [2.75, 3.05) is 0 Å². The predicted molar refractivity (Wildman–Crippen MR) is 79.7 cm³/mol. The van der Waals surface area contributed by atoms with Gasteiger partial charge in [-0.25, -0.2) is 4.79 Å². The fourth-order valence-electron chi connectivity index (χ4n) is 1.64. The highest BCUT2D eigenvalue weighted by Crippen LogP contribution is 2.34. The maximum atomic E-state index is 13.0. The van der Waals surface area contributed by atoms with E-state index < -0.39 is 16.9 Å². The molecule has 22 heavy (non-hydrogen) atoms. The van der Waals surface area contributed by atoms with Crippen LogP contribution >= 0.6 is 34.8 Å². The van der Waals surface area contributed by atoms with Gasteiger partial charge in [-0.3, -0.25) is 4.98 Å². The van der Waals surface area contributed by atoms with Gasteiger partial charge in [0, 0.05) is 6.07 Å². The number of nitrogens with zero attached hydrogens (tertiary/aromatic N) is 2. The second-order valence-electron chi connectivity index (χ2n) is 4.59. The van der Waals surface area contributed by atoms with Crippen LogP contribution in [0.15, 0.2) is 16.9 Å². The molecule has 120 valence electrons. The number of ether oxygens (including phenoxy) is 1. The van der Waals surface area contributed by atoms with Gasteiger partial charge in [0.25, 0.3) is 0 Å².